The third-order valence-corrected chi connectivity index (χ3v) is 0.241. The van der Waals surface area contributed by atoms with Gasteiger partial charge in [-0.25, -0.2) is 0 Å². The zero-order valence-corrected chi connectivity index (χ0v) is 2.89. The largest absolute Gasteiger partial charge is 0.516 e. The fourth-order valence-electron chi connectivity index (χ4n) is 0.0609. The molecule has 0 unspecified atom stereocenters. The molecule has 0 aromatic rings. The van der Waals surface area contributed by atoms with Gasteiger partial charge in [-0.1, -0.05) is 0 Å². The molecule has 0 aliphatic rings. The minimum atomic E-state index is 0.413. The predicted molar refractivity (Wildman–Crippen MR) is 20.8 cm³/mol. The Morgan fingerprint density at radius 1 is 1.80 bits per heavy atom. The first-order valence-corrected chi connectivity index (χ1v) is 1.41. The van der Waals surface area contributed by atoms with Crippen LogP contribution in [0.3, 0.4) is 0 Å². The highest BCUT2D eigenvalue weighted by Gasteiger charge is 1.52. The molecule has 0 bridgehead atoms. The van der Waals surface area contributed by atoms with E-state index in [4.69, 9.17) is 10.8 Å². The van der Waals surface area contributed by atoms with E-state index in [-0.39, 0.29) is 0 Å². The molecule has 5 heavy (non-hydrogen) atoms. The van der Waals surface area contributed by atoms with Gasteiger partial charge in [0.15, 0.2) is 0 Å². The van der Waals surface area contributed by atoms with Gasteiger partial charge in [0.1, 0.15) is 0 Å². The van der Waals surface area contributed by atoms with Crippen molar-refractivity contribution in [2.75, 3.05) is 6.54 Å². The highest BCUT2D eigenvalue weighted by Crippen LogP contribution is 1.52. The summed E-state index contributed by atoms with van der Waals surface area (Å²) >= 11 is 0. The summed E-state index contributed by atoms with van der Waals surface area (Å²) in [6.07, 6.45) is 2.39. The maximum atomic E-state index is 7.81. The summed E-state index contributed by atoms with van der Waals surface area (Å²) in [6, 6.07) is 0. The lowest BCUT2D eigenvalue weighted by Gasteiger charge is -1.67. The van der Waals surface area contributed by atoms with Crippen molar-refractivity contribution in [1.29, 1.82) is 0 Å². The van der Waals surface area contributed by atoms with Crippen LogP contribution >= 0.6 is 0 Å². The van der Waals surface area contributed by atoms with Gasteiger partial charge in [0.2, 0.25) is 0 Å². The number of rotatable bonds is 1. The lowest BCUT2D eigenvalue weighted by Crippen LogP contribution is -1.91. The fraction of sp³-hybridized carbons (Fsp3) is 0.333. The molecule has 0 saturated heterocycles. The zero-order chi connectivity index (χ0) is 4.12. The van der Waals surface area contributed by atoms with Crippen LogP contribution in [0.1, 0.15) is 0 Å². The molecule has 30 valence electrons. The Morgan fingerprint density at radius 3 is 2.40 bits per heavy atom. The van der Waals surface area contributed by atoms with Crippen molar-refractivity contribution in [2.24, 2.45) is 5.73 Å². The maximum Gasteiger partial charge on any atom is 0.0764 e. The number of hydrogen-bond donors (Lipinski definition) is 2. The quantitative estimate of drug-likeness (QED) is 0.430. The monoisotopic (exact) mass is 73.1 g/mol. The van der Waals surface area contributed by atoms with Crippen LogP contribution in [0.25, 0.3) is 0 Å². The van der Waals surface area contributed by atoms with Gasteiger partial charge in [-0.05, 0) is 6.08 Å². The summed E-state index contributed by atoms with van der Waals surface area (Å²) in [5.41, 5.74) is 4.89. The molecular weight excluding hydrogens is 66.0 g/mol. The van der Waals surface area contributed by atoms with Crippen LogP contribution in [0.5, 0.6) is 0 Å². The Hall–Kier alpha value is -0.500. The molecule has 0 heterocycles. The van der Waals surface area contributed by atoms with Gasteiger partial charge in [-0.2, -0.15) is 0 Å². The number of nitrogens with two attached hydrogens (primary N) is 1. The summed E-state index contributed by atoms with van der Waals surface area (Å²) in [7, 11) is 0. The van der Waals surface area contributed by atoms with E-state index in [9.17, 15) is 0 Å². The van der Waals surface area contributed by atoms with Gasteiger partial charge in [-0.3, -0.25) is 0 Å². The highest BCUT2D eigenvalue weighted by molar-refractivity contribution is 4.70. The Morgan fingerprint density at radius 2 is 2.40 bits per heavy atom. The van der Waals surface area contributed by atoms with E-state index in [0.717, 1.165) is 6.26 Å². The number of aliphatic hydroxyl groups is 1. The molecule has 0 saturated carbocycles. The molecular formula is C3H7NO. The minimum absolute atomic E-state index is 0.413. The van der Waals surface area contributed by atoms with Crippen LogP contribution in [0, 0.1) is 0 Å². The van der Waals surface area contributed by atoms with Crippen molar-refractivity contribution in [2.45, 2.75) is 0 Å². The fourth-order valence-corrected chi connectivity index (χ4v) is 0.0609. The lowest BCUT2D eigenvalue weighted by atomic mass is 10.6. The van der Waals surface area contributed by atoms with Crippen molar-refractivity contribution in [3.8, 4) is 0 Å². The van der Waals surface area contributed by atoms with E-state index in [1.54, 1.807) is 0 Å². The second-order valence-corrected chi connectivity index (χ2v) is 0.620. The zero-order valence-electron chi connectivity index (χ0n) is 2.89. The molecule has 2 nitrogen and oxygen atoms in total. The molecule has 0 atom stereocenters. The molecule has 0 spiro atoms. The topological polar surface area (TPSA) is 46.2 Å². The van der Waals surface area contributed by atoms with Gasteiger partial charge in [0, 0.05) is 6.54 Å². The van der Waals surface area contributed by atoms with Crippen LogP contribution in [-0.2, 0) is 0 Å². The van der Waals surface area contributed by atoms with Crippen LogP contribution < -0.4 is 5.73 Å². The van der Waals surface area contributed by atoms with Crippen LogP contribution in [0.15, 0.2) is 12.3 Å². The molecule has 0 aromatic carbocycles. The summed E-state index contributed by atoms with van der Waals surface area (Å²) in [5, 5.41) is 7.81. The van der Waals surface area contributed by atoms with Gasteiger partial charge < -0.3 is 10.8 Å². The smallest absolute Gasteiger partial charge is 0.0764 e. The van der Waals surface area contributed by atoms with Gasteiger partial charge >= 0.3 is 0 Å². The molecule has 0 amide bonds. The third-order valence-electron chi connectivity index (χ3n) is 0.241. The second-order valence-electron chi connectivity index (χ2n) is 0.620. The average molecular weight is 73.1 g/mol. The summed E-state index contributed by atoms with van der Waals surface area (Å²) in [4.78, 5) is 0. The molecule has 3 N–H and O–H groups in total. The Bertz CT molecular complexity index is 33.9. The van der Waals surface area contributed by atoms with Gasteiger partial charge in [-0.15, -0.1) is 0 Å². The van der Waals surface area contributed by atoms with Crippen molar-refractivity contribution < 1.29 is 5.11 Å². The standard InChI is InChI=1S/C3H7NO/c4-2-1-3-5/h1,3,5H,2,4H2/b3-1+. The van der Waals surface area contributed by atoms with Crippen molar-refractivity contribution in [3.05, 3.63) is 12.3 Å². The SMILES string of the molecule is NC/C=C/O. The number of hydrogen-bond acceptors (Lipinski definition) is 2. The Labute approximate surface area is 30.9 Å². The minimum Gasteiger partial charge on any atom is -0.516 e. The predicted octanol–water partition coefficient (Wildman–Crippen LogP) is 0.0168. The van der Waals surface area contributed by atoms with E-state index in [2.05, 4.69) is 0 Å². The second kappa shape index (κ2) is 3.50. The third kappa shape index (κ3) is 3.50. The first-order valence-electron chi connectivity index (χ1n) is 1.41. The Kier molecular flexibility index (Phi) is 3.15. The van der Waals surface area contributed by atoms with E-state index in [0.29, 0.717) is 6.54 Å². The van der Waals surface area contributed by atoms with Crippen molar-refractivity contribution >= 4 is 0 Å². The first-order chi connectivity index (χ1) is 2.41. The summed E-state index contributed by atoms with van der Waals surface area (Å²) < 4.78 is 0. The van der Waals surface area contributed by atoms with E-state index < -0.39 is 0 Å². The maximum absolute atomic E-state index is 7.81. The van der Waals surface area contributed by atoms with Crippen LogP contribution in [0.4, 0.5) is 0 Å². The van der Waals surface area contributed by atoms with E-state index in [1.807, 2.05) is 0 Å². The Balaban J connectivity index is 2.62. The summed E-state index contributed by atoms with van der Waals surface area (Å²) in [5.74, 6) is 0. The summed E-state index contributed by atoms with van der Waals surface area (Å²) in [6.45, 7) is 0.413. The van der Waals surface area contributed by atoms with Crippen LogP contribution in [0.2, 0.25) is 0 Å². The molecule has 0 radical (unpaired) electrons. The van der Waals surface area contributed by atoms with Gasteiger partial charge in [0.05, 0.1) is 6.26 Å². The van der Waals surface area contributed by atoms with E-state index in [1.165, 1.54) is 6.08 Å². The molecule has 2 heteroatoms. The van der Waals surface area contributed by atoms with Crippen molar-refractivity contribution in [3.63, 3.8) is 0 Å². The van der Waals surface area contributed by atoms with Crippen molar-refractivity contribution in [1.82, 2.24) is 0 Å². The molecule has 0 rings (SSSR count). The number of aliphatic hydroxyl groups excluding tert-OH is 1. The molecule has 0 aromatic heterocycles. The molecule has 0 fully saturated rings. The highest BCUT2D eigenvalue weighted by atomic mass is 16.2. The first kappa shape index (κ1) is 4.50. The molecule has 0 aliphatic heterocycles. The lowest BCUT2D eigenvalue weighted by molar-refractivity contribution is 0.472. The van der Waals surface area contributed by atoms with Crippen LogP contribution in [-0.4, -0.2) is 11.7 Å². The molecule has 0 aliphatic carbocycles. The van der Waals surface area contributed by atoms with E-state index >= 15 is 0 Å². The van der Waals surface area contributed by atoms with Gasteiger partial charge in [0.25, 0.3) is 0 Å². The normalized spacial score (nSPS) is 9.80. The average Bonchev–Trinajstić information content (AvgIpc) is 1.41.